The lowest BCUT2D eigenvalue weighted by molar-refractivity contribution is 0.242. The molecule has 2 heteroatoms. The Balaban J connectivity index is 1.66. The largest absolute Gasteiger partial charge is 0.296 e. The van der Waals surface area contributed by atoms with Crippen molar-refractivity contribution in [3.63, 3.8) is 0 Å². The van der Waals surface area contributed by atoms with Crippen LogP contribution in [0, 0.1) is 0 Å². The minimum Gasteiger partial charge on any atom is -0.296 e. The molecule has 3 rings (SSSR count). The summed E-state index contributed by atoms with van der Waals surface area (Å²) in [5.41, 5.74) is 2.81. The van der Waals surface area contributed by atoms with Gasteiger partial charge in [-0.2, -0.15) is 0 Å². The third-order valence-corrected chi connectivity index (χ3v) is 4.08. The van der Waals surface area contributed by atoms with Crippen LogP contribution in [0.1, 0.15) is 36.8 Å². The number of hydrogen-bond acceptors (Lipinski definition) is 2. The fourth-order valence-corrected chi connectivity index (χ4v) is 2.74. The van der Waals surface area contributed by atoms with Crippen LogP contribution in [-0.4, -0.2) is 22.5 Å². The summed E-state index contributed by atoms with van der Waals surface area (Å²) in [7, 11) is 0. The summed E-state index contributed by atoms with van der Waals surface area (Å²) in [5, 5.41) is 0. The van der Waals surface area contributed by atoms with Crippen molar-refractivity contribution in [3.05, 3.63) is 66.0 Å². The highest BCUT2D eigenvalue weighted by Crippen LogP contribution is 2.30. The van der Waals surface area contributed by atoms with Crippen molar-refractivity contribution in [2.45, 2.75) is 38.3 Å². The van der Waals surface area contributed by atoms with Gasteiger partial charge in [-0.05, 0) is 42.0 Å². The topological polar surface area (TPSA) is 16.1 Å². The molecule has 1 saturated carbocycles. The molecule has 1 aromatic carbocycles. The standard InChI is InChI=1S/C18H22N2/c1-15(17-5-3-2-4-6-17)13-20(18-7-8-18)14-16-9-11-19-12-10-16/h2-6,9-12,15,18H,7-8,13-14H2,1H3/t15-/m1/s1. The first-order chi connectivity index (χ1) is 9.83. The van der Waals surface area contributed by atoms with Gasteiger partial charge in [-0.25, -0.2) is 0 Å². The van der Waals surface area contributed by atoms with Gasteiger partial charge in [0.25, 0.3) is 0 Å². The summed E-state index contributed by atoms with van der Waals surface area (Å²) >= 11 is 0. The minimum absolute atomic E-state index is 0.582. The van der Waals surface area contributed by atoms with Crippen LogP contribution < -0.4 is 0 Å². The first-order valence-corrected chi connectivity index (χ1v) is 7.51. The van der Waals surface area contributed by atoms with E-state index in [9.17, 15) is 0 Å². The van der Waals surface area contributed by atoms with Crippen LogP contribution in [0.5, 0.6) is 0 Å². The lowest BCUT2D eigenvalue weighted by Crippen LogP contribution is -2.29. The molecule has 104 valence electrons. The molecule has 0 spiro atoms. The smallest absolute Gasteiger partial charge is 0.0271 e. The second-order valence-electron chi connectivity index (χ2n) is 5.83. The lowest BCUT2D eigenvalue weighted by atomic mass is 10.0. The highest BCUT2D eigenvalue weighted by atomic mass is 15.2. The number of pyridine rings is 1. The zero-order valence-corrected chi connectivity index (χ0v) is 12.1. The molecule has 0 N–H and O–H groups in total. The van der Waals surface area contributed by atoms with E-state index in [0.717, 1.165) is 19.1 Å². The Morgan fingerprint density at radius 2 is 1.80 bits per heavy atom. The highest BCUT2D eigenvalue weighted by Gasteiger charge is 2.29. The Kier molecular flexibility index (Phi) is 4.12. The molecule has 20 heavy (non-hydrogen) atoms. The van der Waals surface area contributed by atoms with E-state index in [-0.39, 0.29) is 0 Å². The van der Waals surface area contributed by atoms with Gasteiger partial charge < -0.3 is 0 Å². The van der Waals surface area contributed by atoms with Gasteiger partial charge in [0.15, 0.2) is 0 Å². The molecule has 1 fully saturated rings. The van der Waals surface area contributed by atoms with E-state index >= 15 is 0 Å². The van der Waals surface area contributed by atoms with E-state index in [1.54, 1.807) is 0 Å². The number of benzene rings is 1. The van der Waals surface area contributed by atoms with E-state index < -0.39 is 0 Å². The average molecular weight is 266 g/mol. The van der Waals surface area contributed by atoms with Crippen LogP contribution in [0.25, 0.3) is 0 Å². The quantitative estimate of drug-likeness (QED) is 0.789. The molecule has 1 atom stereocenters. The van der Waals surface area contributed by atoms with Gasteiger partial charge in [0.1, 0.15) is 0 Å². The first kappa shape index (κ1) is 13.3. The van der Waals surface area contributed by atoms with Gasteiger partial charge in [-0.1, -0.05) is 37.3 Å². The number of nitrogens with zero attached hydrogens (tertiary/aromatic N) is 2. The molecular weight excluding hydrogens is 244 g/mol. The Morgan fingerprint density at radius 1 is 1.10 bits per heavy atom. The summed E-state index contributed by atoms with van der Waals surface area (Å²) < 4.78 is 0. The van der Waals surface area contributed by atoms with Crippen molar-refractivity contribution in [2.24, 2.45) is 0 Å². The SMILES string of the molecule is C[C@H](CN(Cc1ccncc1)C1CC1)c1ccccc1. The van der Waals surface area contributed by atoms with Crippen LogP contribution >= 0.6 is 0 Å². The van der Waals surface area contributed by atoms with Crippen molar-refractivity contribution in [1.82, 2.24) is 9.88 Å². The Labute approximate surface area is 121 Å². The van der Waals surface area contributed by atoms with Gasteiger partial charge in [-0.15, -0.1) is 0 Å². The maximum atomic E-state index is 4.10. The second-order valence-corrected chi connectivity index (χ2v) is 5.83. The van der Waals surface area contributed by atoms with E-state index in [0.29, 0.717) is 5.92 Å². The van der Waals surface area contributed by atoms with Crippen LogP contribution in [0.15, 0.2) is 54.9 Å². The zero-order valence-electron chi connectivity index (χ0n) is 12.1. The maximum Gasteiger partial charge on any atom is 0.0271 e. The van der Waals surface area contributed by atoms with Crippen molar-refractivity contribution in [1.29, 1.82) is 0 Å². The Hall–Kier alpha value is -1.67. The Bertz CT molecular complexity index is 520. The molecule has 0 radical (unpaired) electrons. The first-order valence-electron chi connectivity index (χ1n) is 7.51. The lowest BCUT2D eigenvalue weighted by Gasteiger charge is -2.26. The highest BCUT2D eigenvalue weighted by molar-refractivity contribution is 5.19. The molecule has 0 bridgehead atoms. The Morgan fingerprint density at radius 3 is 2.45 bits per heavy atom. The molecule has 2 aromatic rings. The molecule has 0 amide bonds. The van der Waals surface area contributed by atoms with Crippen LogP contribution in [0.3, 0.4) is 0 Å². The fourth-order valence-electron chi connectivity index (χ4n) is 2.74. The molecule has 0 unspecified atom stereocenters. The molecule has 0 saturated heterocycles. The molecule has 1 aliphatic rings. The van der Waals surface area contributed by atoms with Crippen LogP contribution in [-0.2, 0) is 6.54 Å². The van der Waals surface area contributed by atoms with E-state index in [4.69, 9.17) is 0 Å². The van der Waals surface area contributed by atoms with Crippen molar-refractivity contribution in [3.8, 4) is 0 Å². The molecule has 1 heterocycles. The second kappa shape index (κ2) is 6.19. The third kappa shape index (κ3) is 3.45. The van der Waals surface area contributed by atoms with Crippen molar-refractivity contribution in [2.75, 3.05) is 6.54 Å². The monoisotopic (exact) mass is 266 g/mol. The van der Waals surface area contributed by atoms with E-state index in [2.05, 4.69) is 59.3 Å². The zero-order chi connectivity index (χ0) is 13.8. The van der Waals surface area contributed by atoms with Gasteiger partial charge in [0.2, 0.25) is 0 Å². The molecule has 1 aliphatic carbocycles. The summed E-state index contributed by atoms with van der Waals surface area (Å²) in [4.78, 5) is 6.74. The van der Waals surface area contributed by atoms with Crippen LogP contribution in [0.2, 0.25) is 0 Å². The van der Waals surface area contributed by atoms with Crippen molar-refractivity contribution >= 4 is 0 Å². The molecule has 0 aliphatic heterocycles. The van der Waals surface area contributed by atoms with E-state index in [1.807, 2.05) is 12.4 Å². The van der Waals surface area contributed by atoms with Gasteiger partial charge >= 0.3 is 0 Å². The predicted octanol–water partition coefficient (Wildman–Crippen LogP) is 3.85. The van der Waals surface area contributed by atoms with Crippen LogP contribution in [0.4, 0.5) is 0 Å². The summed E-state index contributed by atoms with van der Waals surface area (Å²) in [6.07, 6.45) is 6.49. The third-order valence-electron chi connectivity index (χ3n) is 4.08. The number of hydrogen-bond donors (Lipinski definition) is 0. The summed E-state index contributed by atoms with van der Waals surface area (Å²) in [6, 6.07) is 15.9. The normalized spacial score (nSPS) is 16.3. The number of rotatable bonds is 6. The minimum atomic E-state index is 0.582. The molecule has 1 aromatic heterocycles. The van der Waals surface area contributed by atoms with E-state index in [1.165, 1.54) is 24.0 Å². The number of aromatic nitrogens is 1. The summed E-state index contributed by atoms with van der Waals surface area (Å²) in [6.45, 7) is 4.51. The summed E-state index contributed by atoms with van der Waals surface area (Å²) in [5.74, 6) is 0.582. The molecular formula is C18H22N2. The van der Waals surface area contributed by atoms with Crippen molar-refractivity contribution < 1.29 is 0 Å². The maximum absolute atomic E-state index is 4.10. The van der Waals surface area contributed by atoms with Gasteiger partial charge in [0, 0.05) is 31.5 Å². The van der Waals surface area contributed by atoms with Gasteiger partial charge in [0.05, 0.1) is 0 Å². The fraction of sp³-hybridized carbons (Fsp3) is 0.389. The van der Waals surface area contributed by atoms with Gasteiger partial charge in [-0.3, -0.25) is 9.88 Å². The molecule has 2 nitrogen and oxygen atoms in total. The average Bonchev–Trinajstić information content (AvgIpc) is 3.33. The predicted molar refractivity (Wildman–Crippen MR) is 82.5 cm³/mol.